The Morgan fingerprint density at radius 3 is 2.14 bits per heavy atom. The van der Waals surface area contributed by atoms with E-state index in [9.17, 15) is 13.2 Å². The molecule has 0 fully saturated rings. The zero-order valence-electron chi connectivity index (χ0n) is 13.9. The lowest BCUT2D eigenvalue weighted by atomic mass is 10.3. The molecule has 22 heavy (non-hydrogen) atoms. The van der Waals surface area contributed by atoms with Crippen LogP contribution in [0.4, 0.5) is 0 Å². The molecule has 8 heteroatoms. The molecule has 0 bridgehead atoms. The summed E-state index contributed by atoms with van der Waals surface area (Å²) in [5.74, 6) is 0.0392. The number of nitrogens with zero attached hydrogens (tertiary/aromatic N) is 3. The van der Waals surface area contributed by atoms with Crippen molar-refractivity contribution >= 4 is 15.9 Å². The summed E-state index contributed by atoms with van der Waals surface area (Å²) >= 11 is 0. The molecule has 0 aromatic carbocycles. The molecule has 0 aliphatic rings. The second-order valence-corrected chi connectivity index (χ2v) is 7.28. The second-order valence-electron chi connectivity index (χ2n) is 5.30. The minimum absolute atomic E-state index is 0.0420. The van der Waals surface area contributed by atoms with Crippen LogP contribution in [0.15, 0.2) is 9.42 Å². The van der Waals surface area contributed by atoms with E-state index in [1.165, 1.54) is 7.05 Å². The largest absolute Gasteiger partial charge is 0.360 e. The summed E-state index contributed by atoms with van der Waals surface area (Å²) in [4.78, 5) is 14.0. The molecule has 0 saturated heterocycles. The first-order chi connectivity index (χ1) is 10.3. The van der Waals surface area contributed by atoms with Crippen LogP contribution in [0.2, 0.25) is 0 Å². The van der Waals surface area contributed by atoms with Gasteiger partial charge in [-0.1, -0.05) is 19.0 Å². The molecule has 0 atom stereocenters. The summed E-state index contributed by atoms with van der Waals surface area (Å²) in [6, 6.07) is 0. The van der Waals surface area contributed by atoms with Gasteiger partial charge in [0, 0.05) is 20.1 Å². The third-order valence-electron chi connectivity index (χ3n) is 3.33. The predicted molar refractivity (Wildman–Crippen MR) is 83.0 cm³/mol. The molecule has 0 N–H and O–H groups in total. The Morgan fingerprint density at radius 2 is 1.73 bits per heavy atom. The monoisotopic (exact) mass is 331 g/mol. The van der Waals surface area contributed by atoms with Crippen LogP contribution >= 0.6 is 0 Å². The molecule has 1 rings (SSSR count). The minimum atomic E-state index is -3.79. The van der Waals surface area contributed by atoms with Crippen LogP contribution in [0, 0.1) is 13.8 Å². The first kappa shape index (κ1) is 18.6. The average Bonchev–Trinajstić information content (AvgIpc) is 2.78. The molecule has 1 amide bonds. The van der Waals surface area contributed by atoms with E-state index in [4.69, 9.17) is 4.52 Å². The van der Waals surface area contributed by atoms with Gasteiger partial charge >= 0.3 is 0 Å². The van der Waals surface area contributed by atoms with Crippen molar-refractivity contribution in [1.82, 2.24) is 14.4 Å². The Morgan fingerprint density at radius 1 is 1.18 bits per heavy atom. The molecule has 0 aliphatic carbocycles. The molecule has 126 valence electrons. The standard InChI is InChI=1S/C14H25N3O4S/c1-6-8-17(9-7-2)13(18)10-16(5)22(19,20)14-11(3)15-21-12(14)4/h6-10H2,1-5H3. The fourth-order valence-corrected chi connectivity index (χ4v) is 3.68. The van der Waals surface area contributed by atoms with E-state index >= 15 is 0 Å². The molecule has 0 saturated carbocycles. The lowest BCUT2D eigenvalue weighted by molar-refractivity contribution is -0.131. The fourth-order valence-electron chi connectivity index (χ4n) is 2.28. The van der Waals surface area contributed by atoms with E-state index in [-0.39, 0.29) is 23.1 Å². The third kappa shape index (κ3) is 4.07. The van der Waals surface area contributed by atoms with Gasteiger partial charge in [-0.3, -0.25) is 4.79 Å². The number of carbonyl (C=O) groups excluding carboxylic acids is 1. The first-order valence-corrected chi connectivity index (χ1v) is 8.86. The zero-order chi connectivity index (χ0) is 16.9. The van der Waals surface area contributed by atoms with Crippen LogP contribution in [-0.4, -0.2) is 55.4 Å². The van der Waals surface area contributed by atoms with E-state index in [0.29, 0.717) is 18.8 Å². The number of aryl methyl sites for hydroxylation is 2. The Hall–Kier alpha value is -1.41. The van der Waals surface area contributed by atoms with Crippen LogP contribution < -0.4 is 0 Å². The average molecular weight is 331 g/mol. The SMILES string of the molecule is CCCN(CCC)C(=O)CN(C)S(=O)(=O)c1c(C)noc1C. The van der Waals surface area contributed by atoms with Crippen molar-refractivity contribution in [2.24, 2.45) is 0 Å². The molecule has 1 aromatic rings. The Labute approximate surface area is 132 Å². The smallest absolute Gasteiger partial charge is 0.248 e. The predicted octanol–water partition coefficient (Wildman–Crippen LogP) is 1.56. The highest BCUT2D eigenvalue weighted by molar-refractivity contribution is 7.89. The third-order valence-corrected chi connectivity index (χ3v) is 5.38. The number of aromatic nitrogens is 1. The molecule has 1 aromatic heterocycles. The van der Waals surface area contributed by atoms with Crippen LogP contribution in [0.5, 0.6) is 0 Å². The summed E-state index contributed by atoms with van der Waals surface area (Å²) in [7, 11) is -2.39. The summed E-state index contributed by atoms with van der Waals surface area (Å²) < 4.78 is 31.1. The van der Waals surface area contributed by atoms with Crippen molar-refractivity contribution in [2.45, 2.75) is 45.4 Å². The van der Waals surface area contributed by atoms with Crippen molar-refractivity contribution in [2.75, 3.05) is 26.7 Å². The van der Waals surface area contributed by atoms with Gasteiger partial charge in [-0.15, -0.1) is 0 Å². The summed E-state index contributed by atoms with van der Waals surface area (Å²) in [5, 5.41) is 3.66. The lowest BCUT2D eigenvalue weighted by Gasteiger charge is -2.24. The van der Waals surface area contributed by atoms with Gasteiger partial charge in [-0.25, -0.2) is 8.42 Å². The Balaban J connectivity index is 2.91. The van der Waals surface area contributed by atoms with Crippen molar-refractivity contribution in [3.8, 4) is 0 Å². The number of hydrogen-bond donors (Lipinski definition) is 0. The van der Waals surface area contributed by atoms with Crippen LogP contribution in [0.1, 0.15) is 38.1 Å². The molecule has 7 nitrogen and oxygen atoms in total. The lowest BCUT2D eigenvalue weighted by Crippen LogP contribution is -2.42. The van der Waals surface area contributed by atoms with Gasteiger partial charge < -0.3 is 9.42 Å². The number of rotatable bonds is 8. The molecule has 0 spiro atoms. The number of likely N-dealkylation sites (N-methyl/N-ethyl adjacent to an activating group) is 1. The van der Waals surface area contributed by atoms with E-state index < -0.39 is 10.0 Å². The zero-order valence-corrected chi connectivity index (χ0v) is 14.7. The highest BCUT2D eigenvalue weighted by Crippen LogP contribution is 2.22. The van der Waals surface area contributed by atoms with Crippen molar-refractivity contribution in [1.29, 1.82) is 0 Å². The van der Waals surface area contributed by atoms with Crippen LogP contribution in [0.3, 0.4) is 0 Å². The number of hydrogen-bond acceptors (Lipinski definition) is 5. The van der Waals surface area contributed by atoms with Crippen molar-refractivity contribution in [3.05, 3.63) is 11.5 Å². The van der Waals surface area contributed by atoms with E-state index in [0.717, 1.165) is 17.1 Å². The highest BCUT2D eigenvalue weighted by Gasteiger charge is 2.30. The van der Waals surface area contributed by atoms with E-state index in [2.05, 4.69) is 5.16 Å². The maximum Gasteiger partial charge on any atom is 0.248 e. The van der Waals surface area contributed by atoms with Crippen molar-refractivity contribution < 1.29 is 17.7 Å². The van der Waals surface area contributed by atoms with Crippen LogP contribution in [-0.2, 0) is 14.8 Å². The normalized spacial score (nSPS) is 11.9. The minimum Gasteiger partial charge on any atom is -0.360 e. The van der Waals surface area contributed by atoms with Gasteiger partial charge in [-0.05, 0) is 26.7 Å². The second kappa shape index (κ2) is 7.73. The van der Waals surface area contributed by atoms with Gasteiger partial charge in [0.05, 0.1) is 6.54 Å². The van der Waals surface area contributed by atoms with Gasteiger partial charge in [0.2, 0.25) is 15.9 Å². The summed E-state index contributed by atoms with van der Waals surface area (Å²) in [5.41, 5.74) is 0.302. The number of amides is 1. The fraction of sp³-hybridized carbons (Fsp3) is 0.714. The molecule has 0 aliphatic heterocycles. The summed E-state index contributed by atoms with van der Waals surface area (Å²) in [6.07, 6.45) is 1.68. The number of sulfonamides is 1. The summed E-state index contributed by atoms with van der Waals surface area (Å²) in [6.45, 7) is 8.16. The van der Waals surface area contributed by atoms with Gasteiger partial charge in [-0.2, -0.15) is 4.31 Å². The quantitative estimate of drug-likeness (QED) is 0.722. The first-order valence-electron chi connectivity index (χ1n) is 7.42. The van der Waals surface area contributed by atoms with Gasteiger partial charge in [0.1, 0.15) is 10.6 Å². The topological polar surface area (TPSA) is 83.7 Å². The number of carbonyl (C=O) groups is 1. The van der Waals surface area contributed by atoms with Crippen molar-refractivity contribution in [3.63, 3.8) is 0 Å². The van der Waals surface area contributed by atoms with E-state index in [1.54, 1.807) is 18.7 Å². The Kier molecular flexibility index (Phi) is 6.55. The molecule has 0 radical (unpaired) electrons. The maximum absolute atomic E-state index is 12.6. The molecular weight excluding hydrogens is 306 g/mol. The Bertz CT molecular complexity index is 584. The van der Waals surface area contributed by atoms with Gasteiger partial charge in [0.15, 0.2) is 5.76 Å². The van der Waals surface area contributed by atoms with E-state index in [1.807, 2.05) is 13.8 Å². The van der Waals surface area contributed by atoms with Crippen LogP contribution in [0.25, 0.3) is 0 Å². The molecule has 0 unspecified atom stereocenters. The molecule has 1 heterocycles. The highest BCUT2D eigenvalue weighted by atomic mass is 32.2. The molecular formula is C14H25N3O4S. The maximum atomic E-state index is 12.6. The van der Waals surface area contributed by atoms with Gasteiger partial charge in [0.25, 0.3) is 0 Å².